The molecule has 3 atom stereocenters. The molecule has 1 amide bonds. The zero-order valence-corrected chi connectivity index (χ0v) is 14.5. The lowest BCUT2D eigenvalue weighted by Crippen LogP contribution is -2.51. The van der Waals surface area contributed by atoms with E-state index in [0.29, 0.717) is 10.8 Å². The van der Waals surface area contributed by atoms with Gasteiger partial charge >= 0.3 is 5.91 Å². The standard InChI is InChI=1S/C20H25N2O2/c1-12-18-10-15-14-4-3-9-22(24)19(23)20(12,2)16(14)7-8-17(15)21(18)11-13-5-6-13/h3-4,12-13,18H,5-11H2,1-2H3/q+1/b4-3-. The van der Waals surface area contributed by atoms with Crippen LogP contribution in [0.1, 0.15) is 46.0 Å². The quantitative estimate of drug-likeness (QED) is 0.731. The van der Waals surface area contributed by atoms with E-state index in [-0.39, 0.29) is 18.4 Å². The predicted molar refractivity (Wildman–Crippen MR) is 91.0 cm³/mol. The van der Waals surface area contributed by atoms with Gasteiger partial charge in [0.05, 0.1) is 4.76 Å². The van der Waals surface area contributed by atoms with Crippen molar-refractivity contribution < 1.29 is 9.55 Å². The number of amides is 1. The highest BCUT2D eigenvalue weighted by Crippen LogP contribution is 2.57. The number of nitrogens with zero attached hydrogens (tertiary/aromatic N) is 2. The molecule has 4 nitrogen and oxygen atoms in total. The first-order chi connectivity index (χ1) is 11.5. The van der Waals surface area contributed by atoms with E-state index in [1.807, 2.05) is 13.0 Å². The van der Waals surface area contributed by atoms with Gasteiger partial charge in [0.25, 0.3) is 0 Å². The summed E-state index contributed by atoms with van der Waals surface area (Å²) in [6, 6.07) is 0.372. The summed E-state index contributed by atoms with van der Waals surface area (Å²) in [6.07, 6.45) is 9.72. The minimum atomic E-state index is -0.651. The second-order valence-electron chi connectivity index (χ2n) is 8.44. The minimum Gasteiger partial charge on any atom is -0.371 e. The van der Waals surface area contributed by atoms with Crippen LogP contribution in [-0.2, 0) is 4.79 Å². The molecule has 0 N–H and O–H groups in total. The molecule has 24 heavy (non-hydrogen) atoms. The number of nitroso groups, excluding NO2 is 1. The molecule has 5 aliphatic rings. The van der Waals surface area contributed by atoms with Crippen molar-refractivity contribution in [2.45, 2.75) is 52.0 Å². The number of likely N-dealkylation sites (tertiary alicyclic amines) is 1. The van der Waals surface area contributed by atoms with E-state index in [0.717, 1.165) is 31.7 Å². The molecule has 3 unspecified atom stereocenters. The third-order valence-corrected chi connectivity index (χ3v) is 7.26. The van der Waals surface area contributed by atoms with Gasteiger partial charge in [-0.2, -0.15) is 0 Å². The summed E-state index contributed by atoms with van der Waals surface area (Å²) in [7, 11) is 0. The Morgan fingerprint density at radius 1 is 1.33 bits per heavy atom. The van der Waals surface area contributed by atoms with Crippen LogP contribution in [0.5, 0.6) is 0 Å². The molecule has 5 rings (SSSR count). The topological polar surface area (TPSA) is 40.4 Å². The Morgan fingerprint density at radius 3 is 2.88 bits per heavy atom. The molecule has 1 fully saturated rings. The second-order valence-corrected chi connectivity index (χ2v) is 8.44. The predicted octanol–water partition coefficient (Wildman–Crippen LogP) is 3.35. The molecule has 0 aromatic rings. The number of fused-ring (bicyclic) bond motifs is 1. The first kappa shape index (κ1) is 14.6. The highest BCUT2D eigenvalue weighted by atomic mass is 16.3. The Morgan fingerprint density at radius 2 is 2.12 bits per heavy atom. The molecule has 0 radical (unpaired) electrons. The van der Waals surface area contributed by atoms with Gasteiger partial charge in [-0.3, -0.25) is 0 Å². The van der Waals surface area contributed by atoms with Gasteiger partial charge in [0.2, 0.25) is 6.54 Å². The van der Waals surface area contributed by atoms with Crippen molar-refractivity contribution in [3.8, 4) is 0 Å². The summed E-state index contributed by atoms with van der Waals surface area (Å²) in [6.45, 7) is 5.57. The molecule has 3 aliphatic carbocycles. The lowest BCUT2D eigenvalue weighted by molar-refractivity contribution is -0.467. The van der Waals surface area contributed by atoms with E-state index in [4.69, 9.17) is 0 Å². The van der Waals surface area contributed by atoms with E-state index < -0.39 is 5.41 Å². The van der Waals surface area contributed by atoms with Crippen molar-refractivity contribution >= 4 is 5.91 Å². The van der Waals surface area contributed by atoms with Gasteiger partial charge in [-0.05, 0) is 73.7 Å². The highest BCUT2D eigenvalue weighted by molar-refractivity contribution is 5.81. The Bertz CT molecular complexity index is 756. The fourth-order valence-electron chi connectivity index (χ4n) is 5.53. The molecule has 4 heteroatoms. The fourth-order valence-corrected chi connectivity index (χ4v) is 5.53. The number of carbonyl (C=O) groups excluding carboxylic acids is 1. The van der Waals surface area contributed by atoms with E-state index in [2.05, 4.69) is 17.9 Å². The van der Waals surface area contributed by atoms with Crippen molar-refractivity contribution in [1.82, 2.24) is 4.90 Å². The summed E-state index contributed by atoms with van der Waals surface area (Å²) in [5, 5.41) is 0. The number of allylic oxidation sites excluding steroid dienone is 3. The van der Waals surface area contributed by atoms with Gasteiger partial charge < -0.3 is 4.90 Å². The Balaban J connectivity index is 1.73. The van der Waals surface area contributed by atoms with Crippen molar-refractivity contribution in [2.75, 3.05) is 13.1 Å². The highest BCUT2D eigenvalue weighted by Gasteiger charge is 2.59. The lowest BCUT2D eigenvalue weighted by Gasteiger charge is -2.44. The van der Waals surface area contributed by atoms with Crippen LogP contribution in [0.25, 0.3) is 0 Å². The van der Waals surface area contributed by atoms with Crippen molar-refractivity contribution in [3.63, 3.8) is 0 Å². The third kappa shape index (κ3) is 1.72. The van der Waals surface area contributed by atoms with E-state index in [1.54, 1.807) is 0 Å². The van der Waals surface area contributed by atoms with Crippen LogP contribution in [0.3, 0.4) is 0 Å². The zero-order valence-electron chi connectivity index (χ0n) is 14.5. The lowest BCUT2D eigenvalue weighted by atomic mass is 9.65. The number of carbonyl (C=O) groups is 1. The fraction of sp³-hybridized carbons (Fsp3) is 0.650. The Kier molecular flexibility index (Phi) is 2.85. The monoisotopic (exact) mass is 325 g/mol. The van der Waals surface area contributed by atoms with Gasteiger partial charge in [0.1, 0.15) is 5.41 Å². The van der Waals surface area contributed by atoms with Crippen LogP contribution >= 0.6 is 0 Å². The maximum Gasteiger partial charge on any atom is 0.443 e. The summed E-state index contributed by atoms with van der Waals surface area (Å²) in [4.78, 5) is 28.1. The smallest absolute Gasteiger partial charge is 0.371 e. The Labute approximate surface area is 142 Å². The molecule has 0 aromatic carbocycles. The van der Waals surface area contributed by atoms with Gasteiger partial charge in [0, 0.05) is 23.2 Å². The van der Waals surface area contributed by atoms with E-state index >= 15 is 0 Å². The molecule has 1 saturated carbocycles. The molecule has 2 aliphatic heterocycles. The maximum absolute atomic E-state index is 13.1. The van der Waals surface area contributed by atoms with Gasteiger partial charge in [0.15, 0.2) is 0 Å². The minimum absolute atomic E-state index is 0.173. The largest absolute Gasteiger partial charge is 0.443 e. The first-order valence-corrected chi connectivity index (χ1v) is 9.40. The van der Waals surface area contributed by atoms with Crippen LogP contribution in [0.15, 0.2) is 34.6 Å². The molecular formula is C20H25N2O2+. The maximum atomic E-state index is 13.1. The second kappa shape index (κ2) is 4.68. The number of hydrogen-bond acceptors (Lipinski definition) is 3. The van der Waals surface area contributed by atoms with Crippen LogP contribution < -0.4 is 0 Å². The zero-order chi connectivity index (χ0) is 16.6. The average molecular weight is 325 g/mol. The van der Waals surface area contributed by atoms with Gasteiger partial charge in [-0.15, -0.1) is 0 Å². The summed E-state index contributed by atoms with van der Waals surface area (Å²) in [5.74, 6) is 0.781. The molecule has 126 valence electrons. The molecule has 0 spiro atoms. The normalized spacial score (nSPS) is 39.3. The first-order valence-electron chi connectivity index (χ1n) is 9.40. The average Bonchev–Trinajstić information content (AvgIpc) is 3.32. The van der Waals surface area contributed by atoms with Gasteiger partial charge in [-0.1, -0.05) is 13.0 Å². The van der Waals surface area contributed by atoms with Crippen LogP contribution in [0.2, 0.25) is 0 Å². The summed E-state index contributed by atoms with van der Waals surface area (Å²) in [5.41, 5.74) is 4.87. The molecule has 0 saturated heterocycles. The third-order valence-electron chi connectivity index (χ3n) is 7.26. The molecule has 0 aromatic heterocycles. The van der Waals surface area contributed by atoms with Crippen molar-refractivity contribution in [2.24, 2.45) is 17.3 Å². The van der Waals surface area contributed by atoms with Crippen molar-refractivity contribution in [3.05, 3.63) is 39.5 Å². The SMILES string of the molecule is CC1C2CC3=C(CCC4=C3/C=C\C[N+](=O)C(=O)C41C)N2CC1CC1. The summed E-state index contributed by atoms with van der Waals surface area (Å²) < 4.78 is 0.685. The van der Waals surface area contributed by atoms with Crippen LogP contribution in [-0.4, -0.2) is 34.7 Å². The molecule has 2 heterocycles. The Hall–Kier alpha value is -1.71. The molecule has 5 bridgehead atoms. The molecular weight excluding hydrogens is 300 g/mol. The number of hydrogen-bond donors (Lipinski definition) is 0. The van der Waals surface area contributed by atoms with Crippen molar-refractivity contribution in [1.29, 1.82) is 0 Å². The van der Waals surface area contributed by atoms with Crippen LogP contribution in [0.4, 0.5) is 0 Å². The van der Waals surface area contributed by atoms with Gasteiger partial charge in [-0.25, -0.2) is 4.79 Å². The van der Waals surface area contributed by atoms with E-state index in [9.17, 15) is 9.70 Å². The summed E-state index contributed by atoms with van der Waals surface area (Å²) >= 11 is 0. The number of rotatable bonds is 2. The van der Waals surface area contributed by atoms with Crippen LogP contribution in [0, 0.1) is 22.2 Å². The van der Waals surface area contributed by atoms with E-state index in [1.165, 1.54) is 35.3 Å².